The highest BCUT2D eigenvalue weighted by Crippen LogP contribution is 2.39. The molecule has 5 rings (SSSR count). The molecule has 0 aromatic heterocycles. The highest BCUT2D eigenvalue weighted by molar-refractivity contribution is 6.34. The van der Waals surface area contributed by atoms with Gasteiger partial charge in [0.15, 0.2) is 23.0 Å². The number of amidine groups is 1. The van der Waals surface area contributed by atoms with E-state index < -0.39 is 17.7 Å². The molecule has 41 heavy (non-hydrogen) atoms. The van der Waals surface area contributed by atoms with Crippen LogP contribution in [-0.2, 0) is 9.59 Å². The maximum absolute atomic E-state index is 14.0. The normalized spacial score (nSPS) is 15.8. The number of carbonyl (C=O) groups is 3. The fourth-order valence-corrected chi connectivity index (χ4v) is 4.53. The highest BCUT2D eigenvalue weighted by Gasteiger charge is 2.38. The van der Waals surface area contributed by atoms with Crippen LogP contribution < -0.4 is 19.1 Å². The van der Waals surface area contributed by atoms with Gasteiger partial charge in [-0.25, -0.2) is 4.99 Å². The van der Waals surface area contributed by atoms with Crippen LogP contribution in [0.1, 0.15) is 34.8 Å². The van der Waals surface area contributed by atoms with E-state index in [4.69, 9.17) is 14.2 Å². The molecule has 11 heteroatoms. The van der Waals surface area contributed by atoms with E-state index in [1.807, 2.05) is 6.07 Å². The van der Waals surface area contributed by atoms with E-state index in [1.54, 1.807) is 43.3 Å². The number of ether oxygens (including phenoxy) is 3. The minimum atomic E-state index is -0.736. The number of hydrogen-bond acceptors (Lipinski definition) is 9. The van der Waals surface area contributed by atoms with Gasteiger partial charge in [0, 0.05) is 17.3 Å². The Bertz CT molecular complexity index is 1660. The molecule has 0 spiro atoms. The summed E-state index contributed by atoms with van der Waals surface area (Å²) in [5.74, 6) is -0.872. The van der Waals surface area contributed by atoms with Crippen molar-refractivity contribution in [1.29, 1.82) is 0 Å². The summed E-state index contributed by atoms with van der Waals surface area (Å²) in [6.45, 7) is 1.65. The lowest BCUT2D eigenvalue weighted by atomic mass is 10.1. The van der Waals surface area contributed by atoms with Crippen LogP contribution in [0.3, 0.4) is 0 Å². The summed E-state index contributed by atoms with van der Waals surface area (Å²) in [6.07, 6.45) is 1.53. The zero-order valence-electron chi connectivity index (χ0n) is 22.7. The number of phenolic OH excluding ortho intramolecular Hbond substituents is 1. The number of aromatic hydroxyl groups is 1. The molecular formula is C30H26N4O7. The predicted octanol–water partition coefficient (Wildman–Crippen LogP) is 4.00. The second-order valence-corrected chi connectivity index (χ2v) is 9.15. The second kappa shape index (κ2) is 11.0. The molecule has 0 atom stereocenters. The van der Waals surface area contributed by atoms with Gasteiger partial charge in [-0.3, -0.25) is 19.3 Å². The molecule has 208 valence electrons. The highest BCUT2D eigenvalue weighted by atomic mass is 16.5. The third kappa shape index (κ3) is 5.00. The first-order valence-electron chi connectivity index (χ1n) is 12.5. The Hall–Kier alpha value is -5.45. The molecule has 0 saturated heterocycles. The summed E-state index contributed by atoms with van der Waals surface area (Å²) in [7, 11) is 4.28. The molecule has 0 saturated carbocycles. The maximum Gasteiger partial charge on any atom is 0.283 e. The zero-order valence-corrected chi connectivity index (χ0v) is 22.7. The largest absolute Gasteiger partial charge is 0.504 e. The second-order valence-electron chi connectivity index (χ2n) is 9.15. The van der Waals surface area contributed by atoms with Gasteiger partial charge < -0.3 is 19.3 Å². The van der Waals surface area contributed by atoms with Crippen molar-refractivity contribution >= 4 is 41.0 Å². The summed E-state index contributed by atoms with van der Waals surface area (Å²) >= 11 is 0. The molecule has 1 N–H and O–H groups in total. The van der Waals surface area contributed by atoms with E-state index in [-0.39, 0.29) is 52.2 Å². The summed E-state index contributed by atoms with van der Waals surface area (Å²) in [5.41, 5.74) is 1.74. The van der Waals surface area contributed by atoms with Crippen LogP contribution in [0.4, 0.5) is 5.69 Å². The molecule has 2 aliphatic heterocycles. The molecule has 3 aromatic rings. The van der Waals surface area contributed by atoms with Crippen LogP contribution in [0.15, 0.2) is 76.5 Å². The molecule has 0 unspecified atom stereocenters. The van der Waals surface area contributed by atoms with E-state index in [1.165, 1.54) is 50.5 Å². The molecule has 2 aliphatic rings. The van der Waals surface area contributed by atoms with E-state index in [2.05, 4.69) is 10.1 Å². The van der Waals surface area contributed by atoms with Crippen molar-refractivity contribution in [1.82, 2.24) is 5.01 Å². The molecule has 0 radical (unpaired) electrons. The average molecular weight is 555 g/mol. The number of hydrazone groups is 1. The number of benzene rings is 3. The number of rotatable bonds is 7. The number of anilines is 1. The smallest absolute Gasteiger partial charge is 0.283 e. The first kappa shape index (κ1) is 27.1. The van der Waals surface area contributed by atoms with Gasteiger partial charge in [-0.15, -0.1) is 0 Å². The molecule has 11 nitrogen and oxygen atoms in total. The number of aliphatic imine (C=N–C) groups is 1. The van der Waals surface area contributed by atoms with E-state index in [9.17, 15) is 19.5 Å². The maximum atomic E-state index is 14.0. The van der Waals surface area contributed by atoms with Crippen LogP contribution in [0.25, 0.3) is 6.08 Å². The van der Waals surface area contributed by atoms with Gasteiger partial charge in [-0.05, 0) is 36.8 Å². The minimum absolute atomic E-state index is 0.00925. The van der Waals surface area contributed by atoms with E-state index >= 15 is 0 Å². The predicted molar refractivity (Wildman–Crippen MR) is 152 cm³/mol. The van der Waals surface area contributed by atoms with Crippen molar-refractivity contribution in [3.63, 3.8) is 0 Å². The van der Waals surface area contributed by atoms with Crippen molar-refractivity contribution in [2.45, 2.75) is 13.3 Å². The minimum Gasteiger partial charge on any atom is -0.504 e. The number of imide groups is 1. The molecule has 0 bridgehead atoms. The molecule has 3 aromatic carbocycles. The monoisotopic (exact) mass is 554 g/mol. The van der Waals surface area contributed by atoms with Gasteiger partial charge in [-0.2, -0.15) is 10.1 Å². The van der Waals surface area contributed by atoms with Crippen molar-refractivity contribution in [2.24, 2.45) is 10.1 Å². The Kier molecular flexibility index (Phi) is 7.26. The molecule has 0 aliphatic carbocycles. The van der Waals surface area contributed by atoms with Gasteiger partial charge in [0.1, 0.15) is 11.5 Å². The van der Waals surface area contributed by atoms with Gasteiger partial charge in [-0.1, -0.05) is 36.4 Å². The number of carbonyl (C=O) groups excluding carboxylic acids is 3. The van der Waals surface area contributed by atoms with Crippen LogP contribution in [-0.4, -0.2) is 60.7 Å². The topological polar surface area (TPSA) is 130 Å². The third-order valence-electron chi connectivity index (χ3n) is 6.48. The number of amides is 3. The fourth-order valence-electron chi connectivity index (χ4n) is 4.53. The van der Waals surface area contributed by atoms with Crippen molar-refractivity contribution in [2.75, 3.05) is 26.2 Å². The Labute approximate surface area is 235 Å². The first-order valence-corrected chi connectivity index (χ1v) is 12.5. The summed E-state index contributed by atoms with van der Waals surface area (Å²) in [6, 6.07) is 16.6. The van der Waals surface area contributed by atoms with Crippen LogP contribution in [0.2, 0.25) is 0 Å². The van der Waals surface area contributed by atoms with Gasteiger partial charge in [0.05, 0.1) is 39.0 Å². The SMILES string of the molecule is COc1ccc(/C=C2\N=C(c3ccccc3)N(c3cc(OC)c(OC)cc3C(=O)N3N=C(C)CC3=O)C2=O)cc1O. The summed E-state index contributed by atoms with van der Waals surface area (Å²) < 4.78 is 16.0. The van der Waals surface area contributed by atoms with Gasteiger partial charge >= 0.3 is 0 Å². The Morgan fingerprint density at radius 1 is 0.927 bits per heavy atom. The standard InChI is InChI=1S/C30H26N4O7/c1-17-12-27(36)34(32-17)29(37)20-15-25(40-3)26(41-4)16-22(20)33-28(19-8-6-5-7-9-19)31-21(30(33)38)13-18-10-11-24(39-2)23(35)14-18/h5-11,13-16,35H,12H2,1-4H3/b21-13-. The number of phenols is 1. The van der Waals surface area contributed by atoms with Crippen LogP contribution in [0, 0.1) is 0 Å². The number of hydrogen-bond donors (Lipinski definition) is 1. The molecule has 2 heterocycles. The first-order chi connectivity index (χ1) is 19.7. The quantitative estimate of drug-likeness (QED) is 0.345. The lowest BCUT2D eigenvalue weighted by Gasteiger charge is -2.24. The van der Waals surface area contributed by atoms with Gasteiger partial charge in [0.2, 0.25) is 0 Å². The van der Waals surface area contributed by atoms with Crippen molar-refractivity contribution in [3.8, 4) is 23.0 Å². The zero-order chi connectivity index (χ0) is 29.3. The Morgan fingerprint density at radius 3 is 2.22 bits per heavy atom. The van der Waals surface area contributed by atoms with Crippen molar-refractivity contribution in [3.05, 3.63) is 83.1 Å². The average Bonchev–Trinajstić information content (AvgIpc) is 3.49. The summed E-state index contributed by atoms with van der Waals surface area (Å²) in [5, 5.41) is 15.1. The Morgan fingerprint density at radius 2 is 1.61 bits per heavy atom. The Balaban J connectivity index is 1.69. The summed E-state index contributed by atoms with van der Waals surface area (Å²) in [4.78, 5) is 46.3. The molecule has 3 amide bonds. The van der Waals surface area contributed by atoms with Crippen molar-refractivity contribution < 1.29 is 33.7 Å². The molecular weight excluding hydrogens is 528 g/mol. The fraction of sp³-hybridized carbons (Fsp3) is 0.167. The van der Waals surface area contributed by atoms with E-state index in [0.29, 0.717) is 16.8 Å². The lowest BCUT2D eigenvalue weighted by Crippen LogP contribution is -2.36. The third-order valence-corrected chi connectivity index (χ3v) is 6.48. The number of methoxy groups -OCH3 is 3. The van der Waals surface area contributed by atoms with Gasteiger partial charge in [0.25, 0.3) is 17.7 Å². The molecule has 0 fully saturated rings. The number of nitrogens with zero attached hydrogens (tertiary/aromatic N) is 4. The van der Waals surface area contributed by atoms with Crippen LogP contribution in [0.5, 0.6) is 23.0 Å². The van der Waals surface area contributed by atoms with Crippen LogP contribution >= 0.6 is 0 Å². The lowest BCUT2D eigenvalue weighted by molar-refractivity contribution is -0.126. The van der Waals surface area contributed by atoms with E-state index in [0.717, 1.165) is 5.01 Å².